The Hall–Kier alpha value is -2.50. The van der Waals surface area contributed by atoms with Crippen LogP contribution < -0.4 is 10.4 Å². The van der Waals surface area contributed by atoms with Crippen molar-refractivity contribution in [2.45, 2.75) is 85.7 Å². The first-order valence-electron chi connectivity index (χ1n) is 15.4. The molecule has 2 aliphatic heterocycles. The minimum Gasteiger partial charge on any atom is -0.399 e. The molecule has 10 heteroatoms. The molecular formula is C33H47BFN3O5. The van der Waals surface area contributed by atoms with Gasteiger partial charge in [0.1, 0.15) is 5.82 Å². The molecule has 43 heavy (non-hydrogen) atoms. The molecule has 1 N–H and O–H groups in total. The zero-order valence-electron chi connectivity index (χ0n) is 27.2. The first-order chi connectivity index (χ1) is 20.2. The summed E-state index contributed by atoms with van der Waals surface area (Å²) in [6.07, 6.45) is 2.21. The third kappa shape index (κ3) is 5.84. The number of nitrogens with zero attached hydrogens (tertiary/aromatic N) is 3. The van der Waals surface area contributed by atoms with Gasteiger partial charge in [-0.3, -0.25) is 4.98 Å². The SMILES string of the molecule is CCn1c(-c2cc(N3CCOCC3)cnc2[C@H](C)OC)c(CC(C)(C)CO)c2cc(B3OC(C)(C)C(C)(C)O3)c(F)cc21. The normalized spacial score (nSPS) is 19.4. The van der Waals surface area contributed by atoms with Gasteiger partial charge < -0.3 is 33.4 Å². The number of hydrogen-bond donors (Lipinski definition) is 1. The lowest BCUT2D eigenvalue weighted by Gasteiger charge is -2.32. The lowest BCUT2D eigenvalue weighted by molar-refractivity contribution is 0.00578. The average molecular weight is 596 g/mol. The number of aliphatic hydroxyl groups excluding tert-OH is 1. The highest BCUT2D eigenvalue weighted by Gasteiger charge is 2.52. The van der Waals surface area contributed by atoms with Crippen LogP contribution in [0.1, 0.15) is 72.8 Å². The van der Waals surface area contributed by atoms with E-state index in [-0.39, 0.29) is 18.5 Å². The highest BCUT2D eigenvalue weighted by molar-refractivity contribution is 6.62. The Morgan fingerprint density at radius 2 is 1.77 bits per heavy atom. The Bertz CT molecular complexity index is 1470. The van der Waals surface area contributed by atoms with E-state index in [4.69, 9.17) is 23.8 Å². The summed E-state index contributed by atoms with van der Waals surface area (Å²) in [6, 6.07) is 5.69. The fourth-order valence-electron chi connectivity index (χ4n) is 6.04. The standard InChI is InChI=1S/C33H47BFN3O5/c1-10-38-28-17-27(35)26(34-42-32(5,6)33(7,8)43-34)16-23(28)25(18-31(3,4)20-39)30(38)24-15-22(37-11-13-41-14-12-37)19-36-29(24)21(2)40-9/h15-17,19,21,39H,10-14,18,20H2,1-9H3/t21-/m0/s1. The van der Waals surface area contributed by atoms with E-state index in [1.54, 1.807) is 13.2 Å². The molecule has 0 unspecified atom stereocenters. The van der Waals surface area contributed by atoms with Gasteiger partial charge >= 0.3 is 7.12 Å². The van der Waals surface area contributed by atoms with Crippen LogP contribution in [0.3, 0.4) is 0 Å². The second-order valence-electron chi connectivity index (χ2n) is 13.7. The molecule has 5 rings (SSSR count). The third-order valence-corrected chi connectivity index (χ3v) is 9.47. The number of morpholine rings is 1. The largest absolute Gasteiger partial charge is 0.497 e. The lowest BCUT2D eigenvalue weighted by atomic mass is 9.77. The van der Waals surface area contributed by atoms with Crippen molar-refractivity contribution in [3.05, 3.63) is 41.5 Å². The number of aromatic nitrogens is 2. The molecule has 2 fully saturated rings. The second kappa shape index (κ2) is 11.8. The number of pyridine rings is 1. The van der Waals surface area contributed by atoms with E-state index < -0.39 is 23.7 Å². The number of hydrogen-bond acceptors (Lipinski definition) is 7. The topological polar surface area (TPSA) is 78.2 Å². The fourth-order valence-corrected chi connectivity index (χ4v) is 6.04. The Labute approximate surface area is 255 Å². The molecule has 8 nitrogen and oxygen atoms in total. The summed E-state index contributed by atoms with van der Waals surface area (Å²) in [4.78, 5) is 7.24. The maximum absolute atomic E-state index is 16.0. The van der Waals surface area contributed by atoms with Gasteiger partial charge in [0.05, 0.1) is 59.3 Å². The van der Waals surface area contributed by atoms with E-state index in [2.05, 4.69) is 22.5 Å². The molecule has 234 valence electrons. The Morgan fingerprint density at radius 1 is 1.12 bits per heavy atom. The zero-order valence-corrected chi connectivity index (χ0v) is 27.2. The number of methoxy groups -OCH3 is 1. The van der Waals surface area contributed by atoms with Crippen LogP contribution in [0.25, 0.3) is 22.2 Å². The van der Waals surface area contributed by atoms with Crippen molar-refractivity contribution in [2.75, 3.05) is 44.9 Å². The summed E-state index contributed by atoms with van der Waals surface area (Å²) in [7, 11) is 0.848. The highest BCUT2D eigenvalue weighted by Crippen LogP contribution is 2.42. The first-order valence-corrected chi connectivity index (χ1v) is 15.4. The van der Waals surface area contributed by atoms with Gasteiger partial charge in [-0.05, 0) is 77.1 Å². The van der Waals surface area contributed by atoms with Gasteiger partial charge in [-0.15, -0.1) is 0 Å². The molecule has 0 bridgehead atoms. The smallest absolute Gasteiger partial charge is 0.399 e. The number of ether oxygens (including phenoxy) is 2. The summed E-state index contributed by atoms with van der Waals surface area (Å²) >= 11 is 0. The van der Waals surface area contributed by atoms with Gasteiger partial charge in [0.15, 0.2) is 0 Å². The maximum Gasteiger partial charge on any atom is 0.497 e. The van der Waals surface area contributed by atoms with Crippen molar-refractivity contribution < 1.29 is 28.3 Å². The predicted molar refractivity (Wildman–Crippen MR) is 170 cm³/mol. The molecule has 1 aromatic carbocycles. The molecule has 0 aliphatic carbocycles. The fraction of sp³-hybridized carbons (Fsp3) is 0.606. The van der Waals surface area contributed by atoms with Crippen molar-refractivity contribution >= 4 is 29.2 Å². The van der Waals surface area contributed by atoms with E-state index >= 15 is 4.39 Å². The molecule has 0 amide bonds. The van der Waals surface area contributed by atoms with Crippen LogP contribution in [0.15, 0.2) is 24.4 Å². The summed E-state index contributed by atoms with van der Waals surface area (Å²) in [5.74, 6) is -0.372. The van der Waals surface area contributed by atoms with Crippen molar-refractivity contribution in [1.29, 1.82) is 0 Å². The Balaban J connectivity index is 1.79. The number of aliphatic hydroxyl groups is 1. The van der Waals surface area contributed by atoms with Crippen molar-refractivity contribution in [1.82, 2.24) is 9.55 Å². The van der Waals surface area contributed by atoms with Crippen LogP contribution in [0.2, 0.25) is 0 Å². The average Bonchev–Trinajstić information content (AvgIpc) is 3.38. The molecule has 2 aromatic heterocycles. The molecule has 2 aliphatic rings. The van der Waals surface area contributed by atoms with Gasteiger partial charge in [-0.25, -0.2) is 4.39 Å². The highest BCUT2D eigenvalue weighted by atomic mass is 19.1. The van der Waals surface area contributed by atoms with Gasteiger partial charge in [0.2, 0.25) is 0 Å². The molecule has 0 saturated carbocycles. The molecule has 4 heterocycles. The summed E-state index contributed by atoms with van der Waals surface area (Å²) in [5.41, 5.74) is 4.29. The number of fused-ring (bicyclic) bond motifs is 1. The number of halogens is 1. The Kier molecular flexibility index (Phi) is 8.75. The number of benzene rings is 1. The summed E-state index contributed by atoms with van der Waals surface area (Å²) < 4.78 is 42.2. The number of aryl methyl sites for hydroxylation is 1. The third-order valence-electron chi connectivity index (χ3n) is 9.47. The van der Waals surface area contributed by atoms with Crippen LogP contribution in [-0.2, 0) is 31.7 Å². The molecule has 0 radical (unpaired) electrons. The molecule has 1 atom stereocenters. The Morgan fingerprint density at radius 3 is 2.35 bits per heavy atom. The quantitative estimate of drug-likeness (QED) is 0.338. The van der Waals surface area contributed by atoms with Gasteiger partial charge in [-0.2, -0.15) is 0 Å². The van der Waals surface area contributed by atoms with Crippen molar-refractivity contribution in [3.63, 3.8) is 0 Å². The van der Waals surface area contributed by atoms with Crippen molar-refractivity contribution in [3.8, 4) is 11.3 Å². The van der Waals surface area contributed by atoms with Gasteiger partial charge in [0, 0.05) is 49.8 Å². The van der Waals surface area contributed by atoms with Gasteiger partial charge in [0.25, 0.3) is 0 Å². The maximum atomic E-state index is 16.0. The summed E-state index contributed by atoms with van der Waals surface area (Å²) in [5, 5.41) is 11.3. The van der Waals surface area contributed by atoms with Crippen LogP contribution >= 0.6 is 0 Å². The monoisotopic (exact) mass is 595 g/mol. The van der Waals surface area contributed by atoms with E-state index in [0.717, 1.165) is 52.2 Å². The van der Waals surface area contributed by atoms with E-state index in [1.165, 1.54) is 0 Å². The van der Waals surface area contributed by atoms with Crippen LogP contribution in [0, 0.1) is 11.2 Å². The van der Waals surface area contributed by atoms with E-state index in [1.807, 2.05) is 60.7 Å². The van der Waals surface area contributed by atoms with Crippen molar-refractivity contribution in [2.24, 2.45) is 5.41 Å². The second-order valence-corrected chi connectivity index (χ2v) is 13.7. The van der Waals surface area contributed by atoms with Crippen LogP contribution in [-0.4, -0.2) is 73.0 Å². The number of anilines is 1. The number of rotatable bonds is 9. The summed E-state index contributed by atoms with van der Waals surface area (Å²) in [6.45, 7) is 19.5. The predicted octanol–water partition coefficient (Wildman–Crippen LogP) is 5.27. The zero-order chi connectivity index (χ0) is 31.3. The van der Waals surface area contributed by atoms with Gasteiger partial charge in [-0.1, -0.05) is 13.8 Å². The molecule has 3 aromatic rings. The molecule has 0 spiro atoms. The van der Waals surface area contributed by atoms with E-state index in [0.29, 0.717) is 31.6 Å². The van der Waals surface area contributed by atoms with Crippen LogP contribution in [0.5, 0.6) is 0 Å². The lowest BCUT2D eigenvalue weighted by Crippen LogP contribution is -2.41. The molecule has 2 saturated heterocycles. The van der Waals surface area contributed by atoms with Crippen LogP contribution in [0.4, 0.5) is 10.1 Å². The minimum absolute atomic E-state index is 0.00388. The first kappa shape index (κ1) is 31.9. The van der Waals surface area contributed by atoms with E-state index in [9.17, 15) is 5.11 Å². The molecular weight excluding hydrogens is 548 g/mol. The minimum atomic E-state index is -0.836.